The van der Waals surface area contributed by atoms with E-state index in [1.54, 1.807) is 0 Å². The molecule has 2 rings (SSSR count). The first-order chi connectivity index (χ1) is 9.61. The first-order valence-electron chi connectivity index (χ1n) is 7.62. The van der Waals surface area contributed by atoms with Crippen LogP contribution in [0.15, 0.2) is 29.8 Å². The van der Waals surface area contributed by atoms with Gasteiger partial charge in [0.1, 0.15) is 0 Å². The Kier molecular flexibility index (Phi) is 5.04. The monoisotopic (exact) mass is 290 g/mol. The van der Waals surface area contributed by atoms with E-state index in [4.69, 9.17) is 11.6 Å². The molecule has 1 aromatic rings. The maximum atomic E-state index is 12.9. The Balaban J connectivity index is 2.34. The van der Waals surface area contributed by atoms with Crippen LogP contribution >= 0.6 is 11.6 Å². The van der Waals surface area contributed by atoms with Gasteiger partial charge in [-0.25, -0.2) is 0 Å². The highest BCUT2D eigenvalue weighted by Gasteiger charge is 2.37. The Labute approximate surface area is 127 Å². The predicted molar refractivity (Wildman–Crippen MR) is 85.9 cm³/mol. The number of benzene rings is 1. The molecule has 0 unspecified atom stereocenters. The third kappa shape index (κ3) is 3.15. The molecule has 0 radical (unpaired) electrons. The lowest BCUT2D eigenvalue weighted by atomic mass is 9.73. The van der Waals surface area contributed by atoms with E-state index in [1.807, 2.05) is 24.3 Å². The van der Waals surface area contributed by atoms with Crippen LogP contribution in [0.1, 0.15) is 57.9 Å². The Morgan fingerprint density at radius 2 is 1.80 bits per heavy atom. The summed E-state index contributed by atoms with van der Waals surface area (Å²) in [7, 11) is 0. The van der Waals surface area contributed by atoms with Gasteiger partial charge in [-0.1, -0.05) is 44.0 Å². The van der Waals surface area contributed by atoms with E-state index in [9.17, 15) is 4.79 Å². The van der Waals surface area contributed by atoms with Gasteiger partial charge < -0.3 is 0 Å². The minimum Gasteiger partial charge on any atom is -0.294 e. The Hall–Kier alpha value is -1.08. The molecule has 2 heteroatoms. The molecule has 0 aliphatic heterocycles. The maximum Gasteiger partial charge on any atom is 0.164 e. The number of carbonyl (C=O) groups excluding carboxylic acids is 1. The third-order valence-electron chi connectivity index (χ3n) is 4.69. The molecule has 0 aromatic heterocycles. The van der Waals surface area contributed by atoms with Crippen molar-refractivity contribution in [3.63, 3.8) is 0 Å². The third-order valence-corrected chi connectivity index (χ3v) is 4.94. The lowest BCUT2D eigenvalue weighted by Gasteiger charge is -2.29. The molecule has 0 amide bonds. The first-order valence-corrected chi connectivity index (χ1v) is 8.00. The normalized spacial score (nSPS) is 20.9. The van der Waals surface area contributed by atoms with Crippen LogP contribution in [0.25, 0.3) is 6.08 Å². The molecule has 1 aromatic carbocycles. The van der Waals surface area contributed by atoms with E-state index in [-0.39, 0.29) is 5.41 Å². The largest absolute Gasteiger partial charge is 0.294 e. The summed E-state index contributed by atoms with van der Waals surface area (Å²) in [6.07, 6.45) is 8.17. The number of allylic oxidation sites excluding steroid dienone is 1. The standard InChI is InChI=1S/C18H23ClO/c1-3-18(4-2)12-6-5-7-15(17(18)20)13-14-8-10-16(19)11-9-14/h8-11,13H,3-7,12H2,1-2H3. The summed E-state index contributed by atoms with van der Waals surface area (Å²) in [4.78, 5) is 12.9. The van der Waals surface area contributed by atoms with Gasteiger partial charge >= 0.3 is 0 Å². The number of Topliss-reactive ketones (excluding diaryl/α,β-unsaturated/α-hetero) is 1. The van der Waals surface area contributed by atoms with Gasteiger partial charge in [-0.2, -0.15) is 0 Å². The highest BCUT2D eigenvalue weighted by atomic mass is 35.5. The Bertz CT molecular complexity index is 495. The molecule has 1 saturated carbocycles. The number of rotatable bonds is 3. The number of halogens is 1. The fraction of sp³-hybridized carbons (Fsp3) is 0.500. The van der Waals surface area contributed by atoms with Gasteiger partial charge in [0, 0.05) is 10.4 Å². The zero-order valence-corrected chi connectivity index (χ0v) is 13.2. The summed E-state index contributed by atoms with van der Waals surface area (Å²) in [5, 5.41) is 0.732. The van der Waals surface area contributed by atoms with E-state index in [0.29, 0.717) is 5.78 Å². The highest BCUT2D eigenvalue weighted by Crippen LogP contribution is 2.40. The fourth-order valence-electron chi connectivity index (χ4n) is 3.17. The van der Waals surface area contributed by atoms with Crippen LogP contribution in [0.4, 0.5) is 0 Å². The number of ketones is 1. The van der Waals surface area contributed by atoms with E-state index in [1.165, 1.54) is 0 Å². The molecule has 0 bridgehead atoms. The Morgan fingerprint density at radius 3 is 2.40 bits per heavy atom. The van der Waals surface area contributed by atoms with Gasteiger partial charge in [0.05, 0.1) is 0 Å². The molecule has 0 heterocycles. The first kappa shape index (κ1) is 15.3. The van der Waals surface area contributed by atoms with Crippen molar-refractivity contribution in [3.8, 4) is 0 Å². The van der Waals surface area contributed by atoms with Crippen LogP contribution in [0.5, 0.6) is 0 Å². The average molecular weight is 291 g/mol. The van der Waals surface area contributed by atoms with Crippen molar-refractivity contribution in [1.82, 2.24) is 0 Å². The van der Waals surface area contributed by atoms with Gasteiger partial charge in [0.25, 0.3) is 0 Å². The topological polar surface area (TPSA) is 17.1 Å². The van der Waals surface area contributed by atoms with Crippen molar-refractivity contribution in [2.24, 2.45) is 5.41 Å². The molecule has 0 saturated heterocycles. The minimum absolute atomic E-state index is 0.130. The number of hydrogen-bond acceptors (Lipinski definition) is 1. The number of hydrogen-bond donors (Lipinski definition) is 0. The minimum atomic E-state index is -0.130. The van der Waals surface area contributed by atoms with Crippen LogP contribution in [0.3, 0.4) is 0 Å². The van der Waals surface area contributed by atoms with Crippen molar-refractivity contribution in [3.05, 3.63) is 40.4 Å². The van der Waals surface area contributed by atoms with Crippen LogP contribution in [-0.4, -0.2) is 5.78 Å². The molecule has 0 spiro atoms. The second kappa shape index (κ2) is 6.58. The molecule has 1 aliphatic rings. The van der Waals surface area contributed by atoms with Crippen molar-refractivity contribution >= 4 is 23.5 Å². The lowest BCUT2D eigenvalue weighted by Crippen LogP contribution is -2.29. The zero-order chi connectivity index (χ0) is 14.6. The predicted octanol–water partition coefficient (Wildman–Crippen LogP) is 5.67. The zero-order valence-electron chi connectivity index (χ0n) is 12.4. The molecule has 0 atom stereocenters. The van der Waals surface area contributed by atoms with Crippen LogP contribution in [0, 0.1) is 5.41 Å². The average Bonchev–Trinajstić information content (AvgIpc) is 2.62. The molecule has 1 nitrogen and oxygen atoms in total. The second-order valence-corrected chi connectivity index (χ2v) is 6.18. The van der Waals surface area contributed by atoms with E-state index in [0.717, 1.165) is 54.7 Å². The summed E-state index contributed by atoms with van der Waals surface area (Å²) in [5.41, 5.74) is 1.93. The Morgan fingerprint density at radius 1 is 1.15 bits per heavy atom. The summed E-state index contributed by atoms with van der Waals surface area (Å²) < 4.78 is 0. The smallest absolute Gasteiger partial charge is 0.164 e. The van der Waals surface area contributed by atoms with Crippen molar-refractivity contribution in [2.75, 3.05) is 0 Å². The molecular formula is C18H23ClO. The molecule has 1 fully saturated rings. The summed E-state index contributed by atoms with van der Waals surface area (Å²) >= 11 is 5.91. The summed E-state index contributed by atoms with van der Waals surface area (Å²) in [5.74, 6) is 0.370. The molecule has 0 N–H and O–H groups in total. The molecule has 1 aliphatic carbocycles. The van der Waals surface area contributed by atoms with Crippen LogP contribution < -0.4 is 0 Å². The van der Waals surface area contributed by atoms with Crippen molar-refractivity contribution in [1.29, 1.82) is 0 Å². The van der Waals surface area contributed by atoms with Gasteiger partial charge in [-0.15, -0.1) is 0 Å². The van der Waals surface area contributed by atoms with Gasteiger partial charge in [-0.05, 0) is 61.4 Å². The van der Waals surface area contributed by atoms with E-state index in [2.05, 4.69) is 19.9 Å². The van der Waals surface area contributed by atoms with Gasteiger partial charge in [-0.3, -0.25) is 4.79 Å². The van der Waals surface area contributed by atoms with Gasteiger partial charge in [0.2, 0.25) is 0 Å². The molecular weight excluding hydrogens is 268 g/mol. The highest BCUT2D eigenvalue weighted by molar-refractivity contribution is 6.30. The maximum absolute atomic E-state index is 12.9. The van der Waals surface area contributed by atoms with E-state index < -0.39 is 0 Å². The molecule has 108 valence electrons. The number of carbonyl (C=O) groups is 1. The second-order valence-electron chi connectivity index (χ2n) is 5.74. The van der Waals surface area contributed by atoms with Crippen LogP contribution in [0.2, 0.25) is 5.02 Å². The van der Waals surface area contributed by atoms with E-state index >= 15 is 0 Å². The fourth-order valence-corrected chi connectivity index (χ4v) is 3.30. The lowest BCUT2D eigenvalue weighted by molar-refractivity contribution is -0.125. The van der Waals surface area contributed by atoms with Crippen LogP contribution in [-0.2, 0) is 4.79 Å². The van der Waals surface area contributed by atoms with Crippen molar-refractivity contribution < 1.29 is 4.79 Å². The quantitative estimate of drug-likeness (QED) is 0.517. The molecule has 20 heavy (non-hydrogen) atoms. The van der Waals surface area contributed by atoms with Crippen molar-refractivity contribution in [2.45, 2.75) is 52.4 Å². The summed E-state index contributed by atoms with van der Waals surface area (Å²) in [6, 6.07) is 7.71. The summed E-state index contributed by atoms with van der Waals surface area (Å²) in [6.45, 7) is 4.29. The van der Waals surface area contributed by atoms with Gasteiger partial charge in [0.15, 0.2) is 5.78 Å². The SMILES string of the molecule is CCC1(CC)CCCCC(=Cc2ccc(Cl)cc2)C1=O.